The van der Waals surface area contributed by atoms with Crippen LogP contribution in [-0.2, 0) is 0 Å². The first-order chi connectivity index (χ1) is 19.3. The molecule has 0 heterocycles. The molecule has 0 amide bonds. The fraction of sp³-hybridized carbons (Fsp3) is 0.156. The number of methoxy groups -OCH3 is 4. The summed E-state index contributed by atoms with van der Waals surface area (Å²) in [6.07, 6.45) is -1.19. The molecular formula is C32H30O8. The number of carbonyl (C=O) groups excluding carboxylic acids is 3. The molecule has 0 aromatic heterocycles. The number of benzene rings is 4. The average Bonchev–Trinajstić information content (AvgIpc) is 3.03. The summed E-state index contributed by atoms with van der Waals surface area (Å²) < 4.78 is 20.1. The highest BCUT2D eigenvalue weighted by molar-refractivity contribution is 6.49. The van der Waals surface area contributed by atoms with Gasteiger partial charge in [0, 0.05) is 16.7 Å². The molecular weight excluding hydrogens is 512 g/mol. The lowest BCUT2D eigenvalue weighted by Crippen LogP contribution is -2.14. The molecule has 0 fully saturated rings. The summed E-state index contributed by atoms with van der Waals surface area (Å²) in [7, 11) is 6.20. The second-order valence-electron chi connectivity index (χ2n) is 8.38. The SMILES string of the molecule is COc1ccc(C(=O)C(=O)c2ccc(OC)cc2)cc1.COc1ccc(C(=O)C(O)c2ccc(OC)cc2)cc1. The van der Waals surface area contributed by atoms with Crippen LogP contribution in [0.3, 0.4) is 0 Å². The largest absolute Gasteiger partial charge is 0.497 e. The molecule has 1 atom stereocenters. The summed E-state index contributed by atoms with van der Waals surface area (Å²) in [5.74, 6) is 1.18. The number of aliphatic hydroxyl groups is 1. The van der Waals surface area contributed by atoms with Gasteiger partial charge in [-0.25, -0.2) is 0 Å². The molecule has 4 aromatic carbocycles. The first-order valence-electron chi connectivity index (χ1n) is 12.2. The minimum Gasteiger partial charge on any atom is -0.497 e. The van der Waals surface area contributed by atoms with E-state index >= 15 is 0 Å². The van der Waals surface area contributed by atoms with E-state index in [-0.39, 0.29) is 5.78 Å². The van der Waals surface area contributed by atoms with Gasteiger partial charge in [-0.15, -0.1) is 0 Å². The third-order valence-corrected chi connectivity index (χ3v) is 5.97. The number of Topliss-reactive ketones (excluding diaryl/α,β-unsaturated/α-hetero) is 3. The molecule has 1 unspecified atom stereocenters. The first-order valence-corrected chi connectivity index (χ1v) is 12.2. The van der Waals surface area contributed by atoms with Crippen LogP contribution in [0.15, 0.2) is 97.1 Å². The summed E-state index contributed by atoms with van der Waals surface area (Å²) >= 11 is 0. The molecule has 206 valence electrons. The van der Waals surface area contributed by atoms with Crippen molar-refractivity contribution in [3.63, 3.8) is 0 Å². The van der Waals surface area contributed by atoms with Crippen LogP contribution in [-0.4, -0.2) is 50.9 Å². The second kappa shape index (κ2) is 14.3. The highest BCUT2D eigenvalue weighted by Crippen LogP contribution is 2.22. The average molecular weight is 543 g/mol. The summed E-state index contributed by atoms with van der Waals surface area (Å²) in [6, 6.07) is 26.3. The molecule has 8 heteroatoms. The zero-order chi connectivity index (χ0) is 29.1. The van der Waals surface area contributed by atoms with Crippen molar-refractivity contribution >= 4 is 17.3 Å². The lowest BCUT2D eigenvalue weighted by atomic mass is 10.00. The van der Waals surface area contributed by atoms with Gasteiger partial charge in [-0.3, -0.25) is 14.4 Å². The van der Waals surface area contributed by atoms with Crippen LogP contribution in [0, 0.1) is 0 Å². The van der Waals surface area contributed by atoms with Crippen LogP contribution in [0.2, 0.25) is 0 Å². The smallest absolute Gasteiger partial charge is 0.233 e. The number of ether oxygens (including phenoxy) is 4. The van der Waals surface area contributed by atoms with Gasteiger partial charge in [-0.05, 0) is 90.5 Å². The fourth-order valence-electron chi connectivity index (χ4n) is 3.60. The Balaban J connectivity index is 0.000000220. The van der Waals surface area contributed by atoms with Gasteiger partial charge in [-0.2, -0.15) is 0 Å². The van der Waals surface area contributed by atoms with Gasteiger partial charge in [0.25, 0.3) is 0 Å². The van der Waals surface area contributed by atoms with Crippen LogP contribution in [0.4, 0.5) is 0 Å². The zero-order valence-corrected chi connectivity index (χ0v) is 22.6. The van der Waals surface area contributed by atoms with Gasteiger partial charge in [0.1, 0.15) is 29.1 Å². The number of ketones is 3. The monoisotopic (exact) mass is 542 g/mol. The molecule has 0 spiro atoms. The molecule has 0 saturated carbocycles. The van der Waals surface area contributed by atoms with Gasteiger partial charge in [0.15, 0.2) is 5.78 Å². The normalized spacial score (nSPS) is 10.8. The number of rotatable bonds is 10. The number of aliphatic hydroxyl groups excluding tert-OH is 1. The van der Waals surface area contributed by atoms with Gasteiger partial charge >= 0.3 is 0 Å². The van der Waals surface area contributed by atoms with E-state index in [1.165, 1.54) is 0 Å². The molecule has 40 heavy (non-hydrogen) atoms. The van der Waals surface area contributed by atoms with Crippen molar-refractivity contribution in [2.45, 2.75) is 6.10 Å². The molecule has 8 nitrogen and oxygen atoms in total. The minimum atomic E-state index is -1.19. The number of hydrogen-bond donors (Lipinski definition) is 1. The van der Waals surface area contributed by atoms with E-state index in [1.807, 2.05) is 0 Å². The van der Waals surface area contributed by atoms with E-state index in [4.69, 9.17) is 18.9 Å². The third kappa shape index (κ3) is 7.55. The highest BCUT2D eigenvalue weighted by Gasteiger charge is 2.20. The molecule has 4 rings (SSSR count). The molecule has 0 aliphatic heterocycles. The maximum absolute atomic E-state index is 12.2. The molecule has 0 radical (unpaired) electrons. The fourth-order valence-corrected chi connectivity index (χ4v) is 3.60. The standard InChI is InChI=1S/C16H16O4.C16H14O4/c2*1-19-13-7-3-11(4-8-13)15(17)16(18)12-5-9-14(20-2)10-6-12/h3-10,15,17H,1-2H3;3-10H,1-2H3. The summed E-state index contributed by atoms with van der Waals surface area (Å²) in [4.78, 5) is 36.3. The van der Waals surface area contributed by atoms with Gasteiger partial charge in [-0.1, -0.05) is 12.1 Å². The van der Waals surface area contributed by atoms with Crippen molar-refractivity contribution < 1.29 is 38.4 Å². The maximum Gasteiger partial charge on any atom is 0.233 e. The van der Waals surface area contributed by atoms with Crippen LogP contribution in [0.25, 0.3) is 0 Å². The van der Waals surface area contributed by atoms with Crippen LogP contribution < -0.4 is 18.9 Å². The predicted molar refractivity (Wildman–Crippen MR) is 150 cm³/mol. The Bertz CT molecular complexity index is 1350. The van der Waals surface area contributed by atoms with Gasteiger partial charge in [0.05, 0.1) is 28.4 Å². The van der Waals surface area contributed by atoms with E-state index in [1.54, 1.807) is 126 Å². The Morgan fingerprint density at radius 3 is 1.05 bits per heavy atom. The second-order valence-corrected chi connectivity index (χ2v) is 8.38. The number of hydrogen-bond acceptors (Lipinski definition) is 8. The molecule has 0 aliphatic rings. The summed E-state index contributed by atoms with van der Waals surface area (Å²) in [5, 5.41) is 10.1. The molecule has 1 N–H and O–H groups in total. The third-order valence-electron chi connectivity index (χ3n) is 5.97. The highest BCUT2D eigenvalue weighted by atomic mass is 16.5. The Morgan fingerprint density at radius 1 is 0.475 bits per heavy atom. The molecule has 0 saturated heterocycles. The first kappa shape index (κ1) is 29.6. The molecule has 4 aromatic rings. The Labute approximate surface area is 232 Å². The lowest BCUT2D eigenvalue weighted by Gasteiger charge is -2.11. The summed E-state index contributed by atoms with van der Waals surface area (Å²) in [6.45, 7) is 0. The van der Waals surface area contributed by atoms with Crippen molar-refractivity contribution in [3.05, 3.63) is 119 Å². The van der Waals surface area contributed by atoms with Crippen LogP contribution in [0.5, 0.6) is 23.0 Å². The predicted octanol–water partition coefficient (Wildman–Crippen LogP) is 5.39. The van der Waals surface area contributed by atoms with Crippen LogP contribution >= 0.6 is 0 Å². The van der Waals surface area contributed by atoms with Crippen molar-refractivity contribution in [1.82, 2.24) is 0 Å². The van der Waals surface area contributed by atoms with Gasteiger partial charge < -0.3 is 24.1 Å². The van der Waals surface area contributed by atoms with Crippen molar-refractivity contribution in [1.29, 1.82) is 0 Å². The number of carbonyl (C=O) groups is 3. The molecule has 0 aliphatic carbocycles. The van der Waals surface area contributed by atoms with Crippen LogP contribution in [0.1, 0.15) is 42.7 Å². The van der Waals surface area contributed by atoms with E-state index in [0.717, 1.165) is 0 Å². The van der Waals surface area contributed by atoms with Crippen molar-refractivity contribution in [2.24, 2.45) is 0 Å². The minimum absolute atomic E-state index is 0.339. The van der Waals surface area contributed by atoms with E-state index in [0.29, 0.717) is 45.3 Å². The Morgan fingerprint density at radius 2 is 0.750 bits per heavy atom. The van der Waals surface area contributed by atoms with E-state index < -0.39 is 17.7 Å². The molecule has 0 bridgehead atoms. The summed E-state index contributed by atoms with van der Waals surface area (Å²) in [5.41, 5.74) is 1.65. The van der Waals surface area contributed by atoms with Crippen molar-refractivity contribution in [2.75, 3.05) is 28.4 Å². The maximum atomic E-state index is 12.2. The van der Waals surface area contributed by atoms with E-state index in [2.05, 4.69) is 0 Å². The van der Waals surface area contributed by atoms with E-state index in [9.17, 15) is 19.5 Å². The lowest BCUT2D eigenvalue weighted by molar-refractivity contribution is 0.0747. The quantitative estimate of drug-likeness (QED) is 0.210. The zero-order valence-electron chi connectivity index (χ0n) is 22.6. The van der Waals surface area contributed by atoms with Gasteiger partial charge in [0.2, 0.25) is 11.6 Å². The van der Waals surface area contributed by atoms with Crippen molar-refractivity contribution in [3.8, 4) is 23.0 Å². The Kier molecular flexibility index (Phi) is 10.6. The topological polar surface area (TPSA) is 108 Å². The Hall–Kier alpha value is -4.95.